The molecule has 0 spiro atoms. The fraction of sp³-hybridized carbons (Fsp3) is 0.250. The Morgan fingerprint density at radius 3 is 2.80 bits per heavy atom. The fourth-order valence-electron chi connectivity index (χ4n) is 2.13. The summed E-state index contributed by atoms with van der Waals surface area (Å²) in [5, 5.41) is 7.24. The third-order valence-electron chi connectivity index (χ3n) is 3.40. The number of ether oxygens (including phenoxy) is 2. The maximum atomic E-state index is 12.4. The highest BCUT2D eigenvalue weighted by molar-refractivity contribution is 8.00. The van der Waals surface area contributed by atoms with E-state index < -0.39 is 0 Å². The van der Waals surface area contributed by atoms with Gasteiger partial charge in [0, 0.05) is 24.1 Å². The van der Waals surface area contributed by atoms with Crippen molar-refractivity contribution in [3.05, 3.63) is 36.7 Å². The molecule has 1 N–H and O–H groups in total. The van der Waals surface area contributed by atoms with Crippen molar-refractivity contribution in [3.8, 4) is 11.5 Å². The SMILES string of the molecule is COc1ccc(NC(=O)[C@@H](C)Sc2nc3ncccn3n2)cc1OC. The van der Waals surface area contributed by atoms with Crippen LogP contribution in [0.5, 0.6) is 11.5 Å². The number of aromatic nitrogens is 4. The lowest BCUT2D eigenvalue weighted by atomic mass is 10.2. The average molecular weight is 359 g/mol. The minimum absolute atomic E-state index is 0.163. The first-order chi connectivity index (χ1) is 12.1. The Bertz CT molecular complexity index is 865. The van der Waals surface area contributed by atoms with Gasteiger partial charge in [0.05, 0.1) is 19.5 Å². The van der Waals surface area contributed by atoms with E-state index in [9.17, 15) is 4.79 Å². The van der Waals surface area contributed by atoms with Crippen molar-refractivity contribution in [2.45, 2.75) is 17.3 Å². The number of amides is 1. The lowest BCUT2D eigenvalue weighted by molar-refractivity contribution is -0.115. The summed E-state index contributed by atoms with van der Waals surface area (Å²) in [6, 6.07) is 6.97. The Morgan fingerprint density at radius 1 is 1.28 bits per heavy atom. The zero-order valence-electron chi connectivity index (χ0n) is 14.0. The molecule has 0 aliphatic heterocycles. The molecule has 1 amide bonds. The summed E-state index contributed by atoms with van der Waals surface area (Å²) in [7, 11) is 3.11. The molecule has 0 aliphatic rings. The summed E-state index contributed by atoms with van der Waals surface area (Å²) < 4.78 is 12.0. The van der Waals surface area contributed by atoms with Gasteiger partial charge in [-0.15, -0.1) is 5.10 Å². The predicted octanol–water partition coefficient (Wildman–Crippen LogP) is 2.26. The molecular formula is C16H17N5O3S. The summed E-state index contributed by atoms with van der Waals surface area (Å²) in [5.41, 5.74) is 0.625. The van der Waals surface area contributed by atoms with Gasteiger partial charge in [-0.05, 0) is 25.1 Å². The van der Waals surface area contributed by atoms with Crippen LogP contribution in [-0.2, 0) is 4.79 Å². The van der Waals surface area contributed by atoms with Crippen molar-refractivity contribution in [2.75, 3.05) is 19.5 Å². The number of benzene rings is 1. The number of carbonyl (C=O) groups excluding carboxylic acids is 1. The topological polar surface area (TPSA) is 90.6 Å². The molecule has 0 fully saturated rings. The second kappa shape index (κ2) is 7.39. The first-order valence-electron chi connectivity index (χ1n) is 7.47. The molecule has 2 aromatic heterocycles. The number of thioether (sulfide) groups is 1. The largest absolute Gasteiger partial charge is 0.493 e. The van der Waals surface area contributed by atoms with Gasteiger partial charge in [-0.3, -0.25) is 4.79 Å². The highest BCUT2D eigenvalue weighted by Gasteiger charge is 2.18. The highest BCUT2D eigenvalue weighted by atomic mass is 32.2. The molecule has 25 heavy (non-hydrogen) atoms. The first kappa shape index (κ1) is 17.0. The molecular weight excluding hydrogens is 342 g/mol. The molecule has 3 aromatic rings. The van der Waals surface area contributed by atoms with E-state index in [4.69, 9.17) is 9.47 Å². The maximum absolute atomic E-state index is 12.4. The molecule has 3 rings (SSSR count). The van der Waals surface area contributed by atoms with Gasteiger partial charge in [0.25, 0.3) is 5.78 Å². The van der Waals surface area contributed by atoms with Crippen LogP contribution in [-0.4, -0.2) is 45.0 Å². The number of hydrogen-bond acceptors (Lipinski definition) is 7. The van der Waals surface area contributed by atoms with Crippen molar-refractivity contribution in [1.29, 1.82) is 0 Å². The van der Waals surface area contributed by atoms with Gasteiger partial charge in [0.15, 0.2) is 11.5 Å². The Kier molecular flexibility index (Phi) is 5.03. The normalized spacial score (nSPS) is 12.0. The van der Waals surface area contributed by atoms with Gasteiger partial charge < -0.3 is 14.8 Å². The van der Waals surface area contributed by atoms with Gasteiger partial charge in [-0.1, -0.05) is 11.8 Å². The number of nitrogens with zero attached hydrogens (tertiary/aromatic N) is 4. The lowest BCUT2D eigenvalue weighted by Crippen LogP contribution is -2.22. The number of nitrogens with one attached hydrogen (secondary N) is 1. The lowest BCUT2D eigenvalue weighted by Gasteiger charge is -2.12. The number of rotatable bonds is 6. The van der Waals surface area contributed by atoms with Gasteiger partial charge in [-0.25, -0.2) is 9.50 Å². The highest BCUT2D eigenvalue weighted by Crippen LogP contribution is 2.30. The molecule has 2 heterocycles. The summed E-state index contributed by atoms with van der Waals surface area (Å²) in [6.07, 6.45) is 3.40. The predicted molar refractivity (Wildman–Crippen MR) is 94.3 cm³/mol. The van der Waals surface area contributed by atoms with Crippen molar-refractivity contribution < 1.29 is 14.3 Å². The Morgan fingerprint density at radius 2 is 2.08 bits per heavy atom. The van der Waals surface area contributed by atoms with E-state index in [0.717, 1.165) is 0 Å². The minimum Gasteiger partial charge on any atom is -0.493 e. The van der Waals surface area contributed by atoms with Crippen LogP contribution < -0.4 is 14.8 Å². The number of hydrogen-bond donors (Lipinski definition) is 1. The van der Waals surface area contributed by atoms with Crippen LogP contribution in [0.4, 0.5) is 5.69 Å². The van der Waals surface area contributed by atoms with E-state index >= 15 is 0 Å². The van der Waals surface area contributed by atoms with Gasteiger partial charge >= 0.3 is 0 Å². The van der Waals surface area contributed by atoms with Crippen LogP contribution >= 0.6 is 11.8 Å². The average Bonchev–Trinajstić information content (AvgIpc) is 3.03. The Labute approximate surface area is 148 Å². The van der Waals surface area contributed by atoms with Crippen LogP contribution in [0, 0.1) is 0 Å². The summed E-state index contributed by atoms with van der Waals surface area (Å²) in [5.74, 6) is 1.49. The number of carbonyl (C=O) groups is 1. The van der Waals surface area contributed by atoms with Gasteiger partial charge in [0.2, 0.25) is 11.1 Å². The molecule has 0 aliphatic carbocycles. The fourth-order valence-corrected chi connectivity index (χ4v) is 2.88. The number of fused-ring (bicyclic) bond motifs is 1. The molecule has 1 aromatic carbocycles. The zero-order valence-corrected chi connectivity index (χ0v) is 14.8. The summed E-state index contributed by atoms with van der Waals surface area (Å²) in [6.45, 7) is 1.79. The molecule has 0 saturated carbocycles. The van der Waals surface area contributed by atoms with E-state index in [2.05, 4.69) is 20.4 Å². The Hall–Kier alpha value is -2.81. The van der Waals surface area contributed by atoms with E-state index in [-0.39, 0.29) is 11.2 Å². The van der Waals surface area contributed by atoms with Gasteiger partial charge in [-0.2, -0.15) is 4.98 Å². The molecule has 1 atom stereocenters. The van der Waals surface area contributed by atoms with Crippen LogP contribution in [0.1, 0.15) is 6.92 Å². The standard InChI is InChI=1S/C16H17N5O3S/c1-10(25-16-19-15-17-7-4-8-21(15)20-16)14(22)18-11-5-6-12(23-2)13(9-11)24-3/h4-10H,1-3H3,(H,18,22)/t10-/m1/s1. The van der Waals surface area contributed by atoms with E-state index in [0.29, 0.717) is 28.1 Å². The second-order valence-electron chi connectivity index (χ2n) is 5.08. The summed E-state index contributed by atoms with van der Waals surface area (Å²) >= 11 is 1.26. The number of anilines is 1. The zero-order chi connectivity index (χ0) is 17.8. The minimum atomic E-state index is -0.384. The summed E-state index contributed by atoms with van der Waals surface area (Å²) in [4.78, 5) is 20.8. The maximum Gasteiger partial charge on any atom is 0.253 e. The molecule has 0 unspecified atom stereocenters. The molecule has 130 valence electrons. The van der Waals surface area contributed by atoms with Crippen LogP contribution in [0.2, 0.25) is 0 Å². The molecule has 8 nitrogen and oxygen atoms in total. The smallest absolute Gasteiger partial charge is 0.253 e. The third-order valence-corrected chi connectivity index (χ3v) is 4.35. The van der Waals surface area contributed by atoms with Crippen molar-refractivity contribution in [2.24, 2.45) is 0 Å². The molecule has 0 saturated heterocycles. The quantitative estimate of drug-likeness (QED) is 0.675. The van der Waals surface area contributed by atoms with Gasteiger partial charge in [0.1, 0.15) is 0 Å². The second-order valence-corrected chi connectivity index (χ2v) is 6.39. The Balaban J connectivity index is 1.68. The van der Waals surface area contributed by atoms with Crippen molar-refractivity contribution in [1.82, 2.24) is 19.6 Å². The van der Waals surface area contributed by atoms with Crippen LogP contribution in [0.25, 0.3) is 5.78 Å². The number of methoxy groups -OCH3 is 2. The van der Waals surface area contributed by atoms with Crippen molar-refractivity contribution in [3.63, 3.8) is 0 Å². The van der Waals surface area contributed by atoms with Crippen LogP contribution in [0.3, 0.4) is 0 Å². The monoisotopic (exact) mass is 359 g/mol. The molecule has 0 bridgehead atoms. The van der Waals surface area contributed by atoms with E-state index in [1.165, 1.54) is 11.8 Å². The third kappa shape index (κ3) is 3.82. The van der Waals surface area contributed by atoms with Crippen LogP contribution in [0.15, 0.2) is 41.8 Å². The van der Waals surface area contributed by atoms with E-state index in [1.807, 2.05) is 0 Å². The molecule has 9 heteroatoms. The molecule has 0 radical (unpaired) electrons. The van der Waals surface area contributed by atoms with Crippen molar-refractivity contribution >= 4 is 29.1 Å². The van der Waals surface area contributed by atoms with E-state index in [1.54, 1.807) is 62.3 Å². The first-order valence-corrected chi connectivity index (χ1v) is 8.35.